The van der Waals surface area contributed by atoms with Crippen LogP contribution in [0.5, 0.6) is 0 Å². The van der Waals surface area contributed by atoms with Crippen molar-refractivity contribution in [3.05, 3.63) is 114 Å². The average Bonchev–Trinajstić information content (AvgIpc) is 3.27. The Morgan fingerprint density at radius 2 is 1.44 bits per heavy atom. The minimum atomic E-state index is -0.796. The first kappa shape index (κ1) is 26.6. The van der Waals surface area contributed by atoms with Gasteiger partial charge in [-0.3, -0.25) is 14.4 Å². The first-order valence-corrected chi connectivity index (χ1v) is 14.1. The lowest BCUT2D eigenvalue weighted by Crippen LogP contribution is -2.57. The number of rotatable bonds is 6. The smallest absolute Gasteiger partial charge is 0.254 e. The number of likely N-dealkylation sites (N-methyl/N-ethyl adjacent to an activating group) is 1. The summed E-state index contributed by atoms with van der Waals surface area (Å²) < 4.78 is 0. The van der Waals surface area contributed by atoms with Crippen molar-refractivity contribution in [2.45, 2.75) is 24.9 Å². The lowest BCUT2D eigenvalue weighted by molar-refractivity contribution is -0.140. The van der Waals surface area contributed by atoms with Gasteiger partial charge in [0.1, 0.15) is 12.1 Å². The lowest BCUT2D eigenvalue weighted by atomic mass is 9.85. The summed E-state index contributed by atoms with van der Waals surface area (Å²) in [6, 6.07) is 33.5. The zero-order valence-electron chi connectivity index (χ0n) is 23.3. The molecule has 2 heterocycles. The maximum absolute atomic E-state index is 14.1. The molecular formula is C34H34N4O3. The number of hydrogen-bond donors (Lipinski definition) is 0. The summed E-state index contributed by atoms with van der Waals surface area (Å²) in [4.78, 5) is 48.4. The summed E-state index contributed by atoms with van der Waals surface area (Å²) in [5, 5.41) is 1.97. The van der Waals surface area contributed by atoms with E-state index in [9.17, 15) is 14.4 Å². The van der Waals surface area contributed by atoms with Gasteiger partial charge in [0, 0.05) is 37.9 Å². The molecule has 1 spiro atoms. The molecule has 4 aromatic rings. The number of benzene rings is 4. The van der Waals surface area contributed by atoms with Gasteiger partial charge in [0.2, 0.25) is 5.91 Å². The molecule has 0 aliphatic carbocycles. The molecule has 2 aliphatic rings. The highest BCUT2D eigenvalue weighted by molar-refractivity contribution is 6.07. The highest BCUT2D eigenvalue weighted by atomic mass is 16.2. The number of likely N-dealkylation sites (tertiary alicyclic amines) is 1. The fraction of sp³-hybridized carbons (Fsp3) is 0.265. The van der Waals surface area contributed by atoms with Crippen LogP contribution in [0.3, 0.4) is 0 Å². The van der Waals surface area contributed by atoms with Gasteiger partial charge in [-0.15, -0.1) is 0 Å². The summed E-state index contributed by atoms with van der Waals surface area (Å²) >= 11 is 0. The second-order valence-corrected chi connectivity index (χ2v) is 11.0. The third-order valence-electron chi connectivity index (χ3n) is 8.49. The van der Waals surface area contributed by atoms with E-state index in [1.54, 1.807) is 16.8 Å². The van der Waals surface area contributed by atoms with E-state index in [1.807, 2.05) is 108 Å². The first-order valence-electron chi connectivity index (χ1n) is 14.1. The normalized spacial score (nSPS) is 16.4. The molecule has 0 aromatic heterocycles. The number of nitrogens with zero attached hydrogens (tertiary/aromatic N) is 4. The Hall–Kier alpha value is -4.65. The second kappa shape index (κ2) is 11.1. The van der Waals surface area contributed by atoms with Crippen molar-refractivity contribution in [2.75, 3.05) is 38.3 Å². The van der Waals surface area contributed by atoms with E-state index in [0.717, 1.165) is 22.0 Å². The van der Waals surface area contributed by atoms with Crippen LogP contribution in [0.25, 0.3) is 10.8 Å². The van der Waals surface area contributed by atoms with Gasteiger partial charge in [0.25, 0.3) is 11.8 Å². The molecule has 3 amide bonds. The minimum absolute atomic E-state index is 0.0112. The SMILES string of the molecule is CN(Cc1ccccc1)C(=O)CN1CN(c2ccccc2)C2(CCN(C(=O)c3cccc4ccccc34)CC2)C1=O. The number of para-hydroxylation sites is 1. The third-order valence-corrected chi connectivity index (χ3v) is 8.49. The number of hydrogen-bond acceptors (Lipinski definition) is 4. The predicted octanol–water partition coefficient (Wildman–Crippen LogP) is 4.78. The van der Waals surface area contributed by atoms with Gasteiger partial charge >= 0.3 is 0 Å². The minimum Gasteiger partial charge on any atom is -0.340 e. The van der Waals surface area contributed by atoms with E-state index in [4.69, 9.17) is 0 Å². The zero-order valence-corrected chi connectivity index (χ0v) is 23.3. The topological polar surface area (TPSA) is 64.2 Å². The maximum Gasteiger partial charge on any atom is 0.254 e. The van der Waals surface area contributed by atoms with Crippen molar-refractivity contribution >= 4 is 34.2 Å². The van der Waals surface area contributed by atoms with Crippen LogP contribution in [-0.2, 0) is 16.1 Å². The molecule has 0 radical (unpaired) electrons. The molecule has 2 saturated heterocycles. The molecule has 208 valence electrons. The summed E-state index contributed by atoms with van der Waals surface area (Å²) in [5.41, 5.74) is 1.88. The molecule has 2 fully saturated rings. The molecule has 0 saturated carbocycles. The highest BCUT2D eigenvalue weighted by Crippen LogP contribution is 2.40. The number of amides is 3. The van der Waals surface area contributed by atoms with Crippen LogP contribution in [-0.4, -0.2) is 71.3 Å². The molecular weight excluding hydrogens is 512 g/mol. The van der Waals surface area contributed by atoms with Crippen molar-refractivity contribution in [1.29, 1.82) is 0 Å². The van der Waals surface area contributed by atoms with Crippen molar-refractivity contribution in [3.63, 3.8) is 0 Å². The van der Waals surface area contributed by atoms with Gasteiger partial charge in [-0.25, -0.2) is 0 Å². The Balaban J connectivity index is 1.21. The zero-order chi connectivity index (χ0) is 28.4. The third kappa shape index (κ3) is 5.04. The van der Waals surface area contributed by atoms with E-state index in [-0.39, 0.29) is 24.3 Å². The number of anilines is 1. The second-order valence-electron chi connectivity index (χ2n) is 11.0. The summed E-state index contributed by atoms with van der Waals surface area (Å²) in [7, 11) is 1.78. The van der Waals surface area contributed by atoms with E-state index in [1.165, 1.54) is 0 Å². The van der Waals surface area contributed by atoms with Crippen molar-refractivity contribution in [1.82, 2.24) is 14.7 Å². The molecule has 0 atom stereocenters. The van der Waals surface area contributed by atoms with E-state index < -0.39 is 5.54 Å². The van der Waals surface area contributed by atoms with Crippen LogP contribution >= 0.6 is 0 Å². The number of carbonyl (C=O) groups is 3. The van der Waals surface area contributed by atoms with Gasteiger partial charge in [0.05, 0.1) is 6.67 Å². The van der Waals surface area contributed by atoms with Crippen molar-refractivity contribution in [2.24, 2.45) is 0 Å². The molecule has 0 unspecified atom stereocenters. The van der Waals surface area contributed by atoms with Crippen LogP contribution in [0, 0.1) is 0 Å². The molecule has 0 bridgehead atoms. The van der Waals surface area contributed by atoms with E-state index in [2.05, 4.69) is 4.90 Å². The van der Waals surface area contributed by atoms with Crippen LogP contribution in [0.15, 0.2) is 103 Å². The Morgan fingerprint density at radius 1 is 0.805 bits per heavy atom. The van der Waals surface area contributed by atoms with Crippen LogP contribution in [0.4, 0.5) is 5.69 Å². The highest BCUT2D eigenvalue weighted by Gasteiger charge is 2.54. The Bertz CT molecular complexity index is 1560. The molecule has 7 nitrogen and oxygen atoms in total. The first-order chi connectivity index (χ1) is 20.0. The van der Waals surface area contributed by atoms with Crippen LogP contribution in [0.2, 0.25) is 0 Å². The number of carbonyl (C=O) groups excluding carboxylic acids is 3. The predicted molar refractivity (Wildman–Crippen MR) is 160 cm³/mol. The van der Waals surface area contributed by atoms with Gasteiger partial charge in [-0.1, -0.05) is 84.9 Å². The molecule has 2 aliphatic heterocycles. The Labute approximate surface area is 240 Å². The molecule has 41 heavy (non-hydrogen) atoms. The largest absolute Gasteiger partial charge is 0.340 e. The fourth-order valence-corrected chi connectivity index (χ4v) is 6.21. The summed E-state index contributed by atoms with van der Waals surface area (Å²) in [6.07, 6.45) is 1.00. The summed E-state index contributed by atoms with van der Waals surface area (Å²) in [6.45, 7) is 1.77. The van der Waals surface area contributed by atoms with E-state index in [0.29, 0.717) is 44.7 Å². The Morgan fingerprint density at radius 3 is 2.17 bits per heavy atom. The van der Waals surface area contributed by atoms with Gasteiger partial charge < -0.3 is 19.6 Å². The average molecular weight is 547 g/mol. The van der Waals surface area contributed by atoms with Crippen LogP contribution < -0.4 is 4.90 Å². The van der Waals surface area contributed by atoms with Crippen LogP contribution in [0.1, 0.15) is 28.8 Å². The molecule has 7 heteroatoms. The molecule has 4 aromatic carbocycles. The summed E-state index contributed by atoms with van der Waals surface area (Å²) in [5.74, 6) is -0.154. The quantitative estimate of drug-likeness (QED) is 0.349. The van der Waals surface area contributed by atoms with Crippen molar-refractivity contribution in [3.8, 4) is 0 Å². The van der Waals surface area contributed by atoms with Gasteiger partial charge in [-0.2, -0.15) is 0 Å². The molecule has 6 rings (SSSR count). The number of fused-ring (bicyclic) bond motifs is 1. The fourth-order valence-electron chi connectivity index (χ4n) is 6.21. The lowest BCUT2D eigenvalue weighted by Gasteiger charge is -2.43. The number of piperidine rings is 1. The van der Waals surface area contributed by atoms with Crippen molar-refractivity contribution < 1.29 is 14.4 Å². The van der Waals surface area contributed by atoms with E-state index >= 15 is 0 Å². The standard InChI is InChI=1S/C34H34N4O3/c1-35(23-26-11-4-2-5-12-26)31(39)24-37-25-38(28-15-6-3-7-16-28)34(33(37)41)19-21-36(22-20-34)32(40)30-18-10-14-27-13-8-9-17-29(27)30/h2-18H,19-25H2,1H3. The Kier molecular flexibility index (Phi) is 7.18. The van der Waals surface area contributed by atoms with Gasteiger partial charge in [-0.05, 0) is 47.4 Å². The monoisotopic (exact) mass is 546 g/mol. The van der Waals surface area contributed by atoms with Gasteiger partial charge in [0.15, 0.2) is 0 Å². The molecule has 0 N–H and O–H groups in total. The maximum atomic E-state index is 14.1.